The van der Waals surface area contributed by atoms with Gasteiger partial charge in [0.05, 0.1) is 0 Å². The van der Waals surface area contributed by atoms with Gasteiger partial charge in [0.1, 0.15) is 0 Å². The molecule has 0 nitrogen and oxygen atoms in total. The molecular weight excluding hydrogens is 613 g/mol. The second kappa shape index (κ2) is 13.9. The molecule has 0 N–H and O–H groups in total. The van der Waals surface area contributed by atoms with Crippen molar-refractivity contribution in [3.63, 3.8) is 0 Å². The van der Waals surface area contributed by atoms with E-state index < -0.39 is 0 Å². The molecule has 0 radical (unpaired) electrons. The van der Waals surface area contributed by atoms with Gasteiger partial charge >= 0.3 is 0 Å². The van der Waals surface area contributed by atoms with E-state index >= 15 is 0 Å². The second-order valence-electron chi connectivity index (χ2n) is 14.0. The van der Waals surface area contributed by atoms with Crippen LogP contribution in [0.3, 0.4) is 0 Å². The Labute approximate surface area is 302 Å². The Bertz CT molecular complexity index is 2690. The lowest BCUT2D eigenvalue weighted by Gasteiger charge is -2.21. The molecule has 0 amide bonds. The van der Waals surface area contributed by atoms with E-state index in [1.807, 2.05) is 0 Å². The van der Waals surface area contributed by atoms with Gasteiger partial charge in [0.2, 0.25) is 0 Å². The lowest BCUT2D eigenvalue weighted by molar-refractivity contribution is 0.886. The van der Waals surface area contributed by atoms with Crippen LogP contribution in [-0.2, 0) is 0 Å². The summed E-state index contributed by atoms with van der Waals surface area (Å²) in [5.41, 5.74) is 11.7. The molecule has 0 fully saturated rings. The van der Waals surface area contributed by atoms with E-state index in [0.29, 0.717) is 0 Å². The van der Waals surface area contributed by atoms with Gasteiger partial charge in [0, 0.05) is 5.92 Å². The third-order valence-electron chi connectivity index (χ3n) is 10.7. The van der Waals surface area contributed by atoms with E-state index in [1.165, 1.54) is 106 Å². The number of benzene rings is 8. The summed E-state index contributed by atoms with van der Waals surface area (Å²) in [7, 11) is 0. The Morgan fingerprint density at radius 3 is 1.88 bits per heavy atom. The first-order chi connectivity index (χ1) is 25.0. The number of aryl methyl sites for hydroxylation is 2. The lowest BCUT2D eigenvalue weighted by Crippen LogP contribution is -2.26. The van der Waals surface area contributed by atoms with Gasteiger partial charge in [-0.25, -0.2) is 0 Å². The van der Waals surface area contributed by atoms with Gasteiger partial charge in [-0.1, -0.05) is 172 Å². The number of rotatable bonds is 4. The maximum Gasteiger partial charge on any atom is 0.0284 e. The molecule has 0 saturated carbocycles. The highest BCUT2D eigenvalue weighted by Crippen LogP contribution is 2.39. The predicted molar refractivity (Wildman–Crippen MR) is 221 cm³/mol. The number of hydrogen-bond donors (Lipinski definition) is 0. The van der Waals surface area contributed by atoms with Crippen LogP contribution < -0.4 is 10.4 Å². The highest BCUT2D eigenvalue weighted by molar-refractivity contribution is 6.08. The van der Waals surface area contributed by atoms with E-state index in [1.54, 1.807) is 0 Å². The van der Waals surface area contributed by atoms with Crippen molar-refractivity contribution in [3.8, 4) is 11.1 Å². The molecule has 1 unspecified atom stereocenters. The van der Waals surface area contributed by atoms with Crippen molar-refractivity contribution < 1.29 is 0 Å². The molecule has 0 heterocycles. The zero-order chi connectivity index (χ0) is 34.9. The minimum absolute atomic E-state index is 0.103. The molecule has 0 heteroatoms. The minimum atomic E-state index is 0.103. The minimum Gasteiger partial charge on any atom is -0.0654 e. The fourth-order valence-electron chi connectivity index (χ4n) is 7.79. The van der Waals surface area contributed by atoms with Crippen LogP contribution in [0, 0.1) is 13.8 Å². The van der Waals surface area contributed by atoms with Crippen molar-refractivity contribution in [2.75, 3.05) is 0 Å². The van der Waals surface area contributed by atoms with Crippen LogP contribution in [0.4, 0.5) is 0 Å². The van der Waals surface area contributed by atoms with Gasteiger partial charge in [-0.15, -0.1) is 0 Å². The van der Waals surface area contributed by atoms with Crippen molar-refractivity contribution >= 4 is 44.0 Å². The first kappa shape index (κ1) is 32.5. The zero-order valence-corrected chi connectivity index (χ0v) is 30.1. The summed E-state index contributed by atoms with van der Waals surface area (Å²) in [6.07, 6.45) is 5.12. The predicted octanol–water partition coefficient (Wildman–Crippen LogP) is 12.4. The summed E-state index contributed by atoms with van der Waals surface area (Å²) >= 11 is 0. The van der Waals surface area contributed by atoms with Crippen molar-refractivity contribution in [3.05, 3.63) is 202 Å². The third-order valence-corrected chi connectivity index (χ3v) is 10.7. The molecule has 0 bridgehead atoms. The van der Waals surface area contributed by atoms with Crippen molar-refractivity contribution in [2.24, 2.45) is 0 Å². The smallest absolute Gasteiger partial charge is 0.0284 e. The number of unbranched alkanes of at least 4 members (excludes halogenated alkanes) is 1. The number of fused-ring (bicyclic) bond motifs is 6. The maximum atomic E-state index is 2.49. The Hall–Kier alpha value is -5.72. The van der Waals surface area contributed by atoms with Crippen LogP contribution >= 0.6 is 0 Å². The average Bonchev–Trinajstić information content (AvgIpc) is 3.32. The maximum absolute atomic E-state index is 2.49. The topological polar surface area (TPSA) is 0 Å². The average molecular weight is 657 g/mol. The van der Waals surface area contributed by atoms with Crippen LogP contribution in [0.1, 0.15) is 66.0 Å². The fraction of sp³-hybridized carbons (Fsp3) is 0.137. The summed E-state index contributed by atoms with van der Waals surface area (Å²) in [5.74, 6) is 0.103. The highest BCUT2D eigenvalue weighted by atomic mass is 14.3. The van der Waals surface area contributed by atoms with Crippen LogP contribution in [0.5, 0.6) is 0 Å². The SMILES string of the molecule is CCCC.Cc1ccc(C2C=c3ccccc3=C(c3ccc4ccc5ccccc5c4c3)c3ccccc32)cc1-c1cc2ccccc2cc1C. The van der Waals surface area contributed by atoms with Gasteiger partial charge in [0.15, 0.2) is 0 Å². The molecule has 0 saturated heterocycles. The quantitative estimate of drug-likeness (QED) is 0.165. The van der Waals surface area contributed by atoms with Gasteiger partial charge < -0.3 is 0 Å². The van der Waals surface area contributed by atoms with Gasteiger partial charge in [-0.2, -0.15) is 0 Å². The Balaban J connectivity index is 0.000000890. The molecular formula is C51H44. The van der Waals surface area contributed by atoms with Crippen LogP contribution in [0.15, 0.2) is 158 Å². The molecule has 9 rings (SSSR count). The van der Waals surface area contributed by atoms with E-state index in [9.17, 15) is 0 Å². The molecule has 0 aromatic heterocycles. The van der Waals surface area contributed by atoms with E-state index in [4.69, 9.17) is 0 Å². The summed E-state index contributed by atoms with van der Waals surface area (Å²) < 4.78 is 0. The van der Waals surface area contributed by atoms with Crippen molar-refractivity contribution in [1.82, 2.24) is 0 Å². The normalized spacial score (nSPS) is 13.6. The third kappa shape index (κ3) is 6.06. The summed E-state index contributed by atoms with van der Waals surface area (Å²) in [5, 5.41) is 10.2. The first-order valence-corrected chi connectivity index (χ1v) is 18.5. The molecule has 0 spiro atoms. The van der Waals surface area contributed by atoms with Crippen LogP contribution in [0.2, 0.25) is 0 Å². The number of hydrogen-bond acceptors (Lipinski definition) is 0. The molecule has 0 aliphatic heterocycles. The molecule has 1 atom stereocenters. The van der Waals surface area contributed by atoms with Crippen molar-refractivity contribution in [1.29, 1.82) is 0 Å². The van der Waals surface area contributed by atoms with Crippen LogP contribution in [0.25, 0.3) is 55.1 Å². The van der Waals surface area contributed by atoms with E-state index in [-0.39, 0.29) is 5.92 Å². The Kier molecular flexibility index (Phi) is 8.85. The molecule has 51 heavy (non-hydrogen) atoms. The van der Waals surface area contributed by atoms with Gasteiger partial charge in [0.25, 0.3) is 0 Å². The summed E-state index contributed by atoms with van der Waals surface area (Å²) in [6, 6.07) is 58.7. The Morgan fingerprint density at radius 1 is 0.451 bits per heavy atom. The molecule has 248 valence electrons. The second-order valence-corrected chi connectivity index (χ2v) is 14.0. The fourth-order valence-corrected chi connectivity index (χ4v) is 7.79. The standard InChI is InChI=1S/C47H34.C4H10/c1-30-19-20-37(27-43(30)44-26-35-13-4-3-12-34(35)25-31(44)2)46-28-36-14-6-8-16-40(36)47(42-18-10-9-17-41(42)46)38-24-23-33-22-21-32-11-5-7-15-39(32)45(33)29-38;1-3-4-2/h3-29,46H,1-2H3;3-4H2,1-2H3. The summed E-state index contributed by atoms with van der Waals surface area (Å²) in [4.78, 5) is 0. The highest BCUT2D eigenvalue weighted by Gasteiger charge is 2.23. The largest absolute Gasteiger partial charge is 0.0654 e. The van der Waals surface area contributed by atoms with Gasteiger partial charge in [-0.3, -0.25) is 0 Å². The molecule has 8 aromatic carbocycles. The monoisotopic (exact) mass is 656 g/mol. The first-order valence-electron chi connectivity index (χ1n) is 18.5. The van der Waals surface area contributed by atoms with Crippen molar-refractivity contribution in [2.45, 2.75) is 46.5 Å². The Morgan fingerprint density at radius 2 is 1.08 bits per heavy atom. The molecule has 1 aliphatic rings. The lowest BCUT2D eigenvalue weighted by atomic mass is 9.83. The molecule has 8 aromatic rings. The van der Waals surface area contributed by atoms with E-state index in [2.05, 4.69) is 191 Å². The van der Waals surface area contributed by atoms with E-state index in [0.717, 1.165) is 0 Å². The zero-order valence-electron chi connectivity index (χ0n) is 30.1. The molecule has 1 aliphatic carbocycles. The van der Waals surface area contributed by atoms with Crippen LogP contribution in [-0.4, -0.2) is 0 Å². The summed E-state index contributed by atoms with van der Waals surface area (Å²) in [6.45, 7) is 8.84. The van der Waals surface area contributed by atoms with Gasteiger partial charge in [-0.05, 0) is 125 Å².